The van der Waals surface area contributed by atoms with E-state index in [1.807, 2.05) is 43.1 Å². The number of hydrogen-bond donors (Lipinski definition) is 1. The Kier molecular flexibility index (Phi) is 5.68. The molecule has 2 aromatic rings. The molecule has 1 aromatic carbocycles. The molecule has 2 rings (SSSR count). The lowest BCUT2D eigenvalue weighted by molar-refractivity contribution is -0.135. The van der Waals surface area contributed by atoms with Gasteiger partial charge in [-0.1, -0.05) is 12.1 Å². The smallest absolute Gasteiger partial charge is 0.239 e. The highest BCUT2D eigenvalue weighted by Crippen LogP contribution is 2.28. The number of aromatic nitrogens is 1. The molecule has 1 heterocycles. The van der Waals surface area contributed by atoms with Gasteiger partial charge in [0.2, 0.25) is 11.8 Å². The Morgan fingerprint density at radius 1 is 1.26 bits per heavy atom. The van der Waals surface area contributed by atoms with E-state index in [9.17, 15) is 9.59 Å². The first-order valence-electron chi connectivity index (χ1n) is 7.42. The highest BCUT2D eigenvalue weighted by Gasteiger charge is 2.20. The minimum absolute atomic E-state index is 0.0322. The summed E-state index contributed by atoms with van der Waals surface area (Å²) in [5.41, 5.74) is 0.982. The summed E-state index contributed by atoms with van der Waals surface area (Å²) >= 11 is 1.64. The molecule has 6 nitrogen and oxygen atoms in total. The van der Waals surface area contributed by atoms with Gasteiger partial charge in [-0.15, -0.1) is 11.3 Å². The zero-order valence-corrected chi connectivity index (χ0v) is 14.7. The van der Waals surface area contributed by atoms with Crippen molar-refractivity contribution in [1.29, 1.82) is 0 Å². The number of fused-ring (bicyclic) bond motifs is 1. The van der Waals surface area contributed by atoms with Crippen LogP contribution in [-0.4, -0.2) is 60.8 Å². The molecule has 2 amide bonds. The van der Waals surface area contributed by atoms with Crippen molar-refractivity contribution in [3.8, 4) is 0 Å². The summed E-state index contributed by atoms with van der Waals surface area (Å²) in [7, 11) is 5.08. The minimum Gasteiger partial charge on any atom is -0.358 e. The first-order chi connectivity index (χ1) is 10.9. The summed E-state index contributed by atoms with van der Waals surface area (Å²) in [5.74, 6) is -0.271. The van der Waals surface area contributed by atoms with Crippen molar-refractivity contribution in [1.82, 2.24) is 20.1 Å². The third-order valence-electron chi connectivity index (χ3n) is 3.80. The van der Waals surface area contributed by atoms with Crippen molar-refractivity contribution in [2.24, 2.45) is 0 Å². The van der Waals surface area contributed by atoms with E-state index < -0.39 is 0 Å². The molecule has 124 valence electrons. The maximum atomic E-state index is 12.2. The van der Waals surface area contributed by atoms with Crippen LogP contribution in [0.3, 0.4) is 0 Å². The standard InChI is InChI=1S/C16H22N4O2S/c1-11(16-18-12-7-5-6-8-13(12)23-16)19(3)10-15(22)20(4)9-14(21)17-2/h5-8,11H,9-10H2,1-4H3,(H,17,21)/t11-/m0/s1. The molecule has 0 aliphatic heterocycles. The fraction of sp³-hybridized carbons (Fsp3) is 0.438. The van der Waals surface area contributed by atoms with E-state index in [0.29, 0.717) is 0 Å². The van der Waals surface area contributed by atoms with Gasteiger partial charge < -0.3 is 10.2 Å². The number of nitrogens with one attached hydrogen (secondary N) is 1. The Labute approximate surface area is 140 Å². The maximum Gasteiger partial charge on any atom is 0.239 e. The lowest BCUT2D eigenvalue weighted by Crippen LogP contribution is -2.42. The molecule has 0 fully saturated rings. The molecule has 1 aromatic heterocycles. The molecule has 1 N–H and O–H groups in total. The van der Waals surface area contributed by atoms with Crippen molar-refractivity contribution >= 4 is 33.4 Å². The molecule has 7 heteroatoms. The Balaban J connectivity index is 2.00. The summed E-state index contributed by atoms with van der Waals surface area (Å²) in [6.45, 7) is 2.34. The van der Waals surface area contributed by atoms with Crippen molar-refractivity contribution in [3.63, 3.8) is 0 Å². The number of carbonyl (C=O) groups excluding carboxylic acids is 2. The molecule has 1 atom stereocenters. The van der Waals surface area contributed by atoms with Gasteiger partial charge in [0.05, 0.1) is 29.3 Å². The third kappa shape index (κ3) is 4.27. The number of carbonyl (C=O) groups is 2. The molecule has 0 unspecified atom stereocenters. The number of rotatable bonds is 6. The van der Waals surface area contributed by atoms with Crippen LogP contribution in [-0.2, 0) is 9.59 Å². The molecule has 0 aliphatic rings. The van der Waals surface area contributed by atoms with Gasteiger partial charge in [-0.05, 0) is 26.1 Å². The molecule has 0 spiro atoms. The van der Waals surface area contributed by atoms with Crippen LogP contribution in [0.25, 0.3) is 10.2 Å². The first kappa shape index (κ1) is 17.4. The maximum absolute atomic E-state index is 12.2. The summed E-state index contributed by atoms with van der Waals surface area (Å²) in [4.78, 5) is 31.6. The van der Waals surface area contributed by atoms with Crippen LogP contribution in [0.1, 0.15) is 18.0 Å². The lowest BCUT2D eigenvalue weighted by Gasteiger charge is -2.25. The van der Waals surface area contributed by atoms with Gasteiger partial charge in [-0.3, -0.25) is 14.5 Å². The number of amides is 2. The fourth-order valence-corrected chi connectivity index (χ4v) is 3.20. The Morgan fingerprint density at radius 2 is 1.96 bits per heavy atom. The monoisotopic (exact) mass is 334 g/mol. The molecule has 0 bridgehead atoms. The third-order valence-corrected chi connectivity index (χ3v) is 5.01. The summed E-state index contributed by atoms with van der Waals surface area (Å²) in [6.07, 6.45) is 0. The van der Waals surface area contributed by atoms with E-state index in [-0.39, 0.29) is 30.9 Å². The molecular formula is C16H22N4O2S. The van der Waals surface area contributed by atoms with E-state index in [1.165, 1.54) is 4.90 Å². The second-order valence-electron chi connectivity index (χ2n) is 5.53. The van der Waals surface area contributed by atoms with Gasteiger partial charge in [0, 0.05) is 14.1 Å². The van der Waals surface area contributed by atoms with Crippen molar-refractivity contribution in [3.05, 3.63) is 29.3 Å². The number of likely N-dealkylation sites (N-methyl/N-ethyl adjacent to an activating group) is 3. The van der Waals surface area contributed by atoms with E-state index in [1.54, 1.807) is 25.4 Å². The molecular weight excluding hydrogens is 312 g/mol. The quantitative estimate of drug-likeness (QED) is 0.869. The summed E-state index contributed by atoms with van der Waals surface area (Å²) < 4.78 is 1.14. The molecule has 23 heavy (non-hydrogen) atoms. The average molecular weight is 334 g/mol. The van der Waals surface area contributed by atoms with Crippen LogP contribution < -0.4 is 5.32 Å². The second-order valence-corrected chi connectivity index (χ2v) is 6.60. The number of thiazole rings is 1. The predicted molar refractivity (Wildman–Crippen MR) is 92.4 cm³/mol. The Hall–Kier alpha value is -1.99. The van der Waals surface area contributed by atoms with Gasteiger partial charge in [-0.25, -0.2) is 4.98 Å². The SMILES string of the molecule is CNC(=O)CN(C)C(=O)CN(C)[C@@H](C)c1nc2ccccc2s1. The first-order valence-corrected chi connectivity index (χ1v) is 8.24. The van der Waals surface area contributed by atoms with E-state index in [0.717, 1.165) is 15.2 Å². The fourth-order valence-electron chi connectivity index (χ4n) is 2.11. The Bertz CT molecular complexity index is 667. The molecule has 0 radical (unpaired) electrons. The number of para-hydroxylation sites is 1. The highest BCUT2D eigenvalue weighted by molar-refractivity contribution is 7.18. The lowest BCUT2D eigenvalue weighted by atomic mass is 10.3. The largest absolute Gasteiger partial charge is 0.358 e. The van der Waals surface area contributed by atoms with Crippen molar-refractivity contribution in [2.75, 3.05) is 34.2 Å². The topological polar surface area (TPSA) is 65.5 Å². The van der Waals surface area contributed by atoms with Gasteiger partial charge in [0.1, 0.15) is 5.01 Å². The van der Waals surface area contributed by atoms with E-state index in [2.05, 4.69) is 10.3 Å². The summed E-state index contributed by atoms with van der Waals surface area (Å²) in [5, 5.41) is 3.49. The van der Waals surface area contributed by atoms with Gasteiger partial charge >= 0.3 is 0 Å². The summed E-state index contributed by atoms with van der Waals surface area (Å²) in [6, 6.07) is 8.04. The van der Waals surface area contributed by atoms with Crippen LogP contribution in [0.5, 0.6) is 0 Å². The van der Waals surface area contributed by atoms with E-state index in [4.69, 9.17) is 0 Å². The van der Waals surface area contributed by atoms with Crippen molar-refractivity contribution in [2.45, 2.75) is 13.0 Å². The van der Waals surface area contributed by atoms with Gasteiger partial charge in [0.15, 0.2) is 0 Å². The number of hydrogen-bond acceptors (Lipinski definition) is 5. The van der Waals surface area contributed by atoms with Crippen LogP contribution in [0.15, 0.2) is 24.3 Å². The van der Waals surface area contributed by atoms with Crippen LogP contribution >= 0.6 is 11.3 Å². The average Bonchev–Trinajstić information content (AvgIpc) is 2.97. The number of nitrogens with zero attached hydrogens (tertiary/aromatic N) is 3. The normalized spacial score (nSPS) is 12.4. The highest BCUT2D eigenvalue weighted by atomic mass is 32.1. The second kappa shape index (κ2) is 7.52. The van der Waals surface area contributed by atoms with Crippen molar-refractivity contribution < 1.29 is 9.59 Å². The predicted octanol–water partition coefficient (Wildman–Crippen LogP) is 1.49. The van der Waals surface area contributed by atoms with Gasteiger partial charge in [-0.2, -0.15) is 0 Å². The number of benzene rings is 1. The minimum atomic E-state index is -0.178. The van der Waals surface area contributed by atoms with Crippen LogP contribution in [0.4, 0.5) is 0 Å². The molecule has 0 aliphatic carbocycles. The molecule has 0 saturated heterocycles. The van der Waals surface area contributed by atoms with Crippen LogP contribution in [0, 0.1) is 0 Å². The zero-order valence-electron chi connectivity index (χ0n) is 13.9. The van der Waals surface area contributed by atoms with Gasteiger partial charge in [0.25, 0.3) is 0 Å². The van der Waals surface area contributed by atoms with E-state index >= 15 is 0 Å². The zero-order chi connectivity index (χ0) is 17.0. The Morgan fingerprint density at radius 3 is 2.61 bits per heavy atom. The molecule has 0 saturated carbocycles. The van der Waals surface area contributed by atoms with Crippen LogP contribution in [0.2, 0.25) is 0 Å².